The molecule has 0 aromatic heterocycles. The summed E-state index contributed by atoms with van der Waals surface area (Å²) >= 11 is 3.37. The van der Waals surface area contributed by atoms with E-state index in [-0.39, 0.29) is 6.03 Å². The molecule has 0 heterocycles. The second-order valence-electron chi connectivity index (χ2n) is 3.31. The van der Waals surface area contributed by atoms with Gasteiger partial charge in [0, 0.05) is 18.6 Å². The second kappa shape index (κ2) is 4.46. The molecule has 0 radical (unpaired) electrons. The summed E-state index contributed by atoms with van der Waals surface area (Å²) in [6.07, 6.45) is 0. The quantitative estimate of drug-likeness (QED) is 0.824. The van der Waals surface area contributed by atoms with E-state index in [9.17, 15) is 4.79 Å². The molecule has 0 aliphatic carbocycles. The molecule has 1 rings (SSSR count). The molecular weight excluding hydrogens is 244 g/mol. The number of nitrogens with zero attached hydrogens (tertiary/aromatic N) is 1. The van der Waals surface area contributed by atoms with Crippen molar-refractivity contribution in [2.24, 2.45) is 0 Å². The van der Waals surface area contributed by atoms with Gasteiger partial charge in [0.05, 0.1) is 5.69 Å². The van der Waals surface area contributed by atoms with Crippen molar-refractivity contribution >= 4 is 27.6 Å². The Morgan fingerprint density at radius 3 is 2.64 bits per heavy atom. The average molecular weight is 257 g/mol. The number of rotatable bonds is 1. The normalized spacial score (nSPS) is 9.71. The molecular formula is C10H13BrN2O. The second-order valence-corrected chi connectivity index (χ2v) is 4.16. The number of anilines is 1. The Balaban J connectivity index is 2.86. The van der Waals surface area contributed by atoms with Crippen LogP contribution in [-0.4, -0.2) is 25.0 Å². The summed E-state index contributed by atoms with van der Waals surface area (Å²) in [6.45, 7) is 1.98. The third kappa shape index (κ3) is 2.73. The summed E-state index contributed by atoms with van der Waals surface area (Å²) in [5.74, 6) is 0. The molecule has 0 unspecified atom stereocenters. The first-order valence-corrected chi connectivity index (χ1v) is 5.04. The minimum atomic E-state index is -0.128. The van der Waals surface area contributed by atoms with Crippen molar-refractivity contribution in [3.63, 3.8) is 0 Å². The topological polar surface area (TPSA) is 32.3 Å². The van der Waals surface area contributed by atoms with Gasteiger partial charge >= 0.3 is 6.03 Å². The average Bonchev–Trinajstić information content (AvgIpc) is 2.11. The standard InChI is InChI=1S/C10H13BrN2O/c1-7-4-5-8(11)9(6-7)12-10(14)13(2)3/h4-6H,1-3H3,(H,12,14). The monoisotopic (exact) mass is 256 g/mol. The molecule has 3 nitrogen and oxygen atoms in total. The van der Waals surface area contributed by atoms with Crippen molar-refractivity contribution in [2.75, 3.05) is 19.4 Å². The van der Waals surface area contributed by atoms with Crippen LogP contribution in [-0.2, 0) is 0 Å². The SMILES string of the molecule is Cc1ccc(Br)c(NC(=O)N(C)C)c1. The molecule has 0 atom stereocenters. The molecule has 14 heavy (non-hydrogen) atoms. The fraction of sp³-hybridized carbons (Fsp3) is 0.300. The minimum Gasteiger partial charge on any atom is -0.331 e. The van der Waals surface area contributed by atoms with Crippen LogP contribution in [0.1, 0.15) is 5.56 Å². The molecule has 76 valence electrons. The lowest BCUT2D eigenvalue weighted by atomic mass is 10.2. The molecule has 0 aliphatic rings. The number of amides is 2. The van der Waals surface area contributed by atoms with Gasteiger partial charge in [-0.25, -0.2) is 4.79 Å². The molecule has 0 saturated carbocycles. The molecule has 0 fully saturated rings. The fourth-order valence-corrected chi connectivity index (χ4v) is 1.31. The summed E-state index contributed by atoms with van der Waals surface area (Å²) in [5, 5.41) is 2.79. The highest BCUT2D eigenvalue weighted by molar-refractivity contribution is 9.10. The van der Waals surface area contributed by atoms with Crippen molar-refractivity contribution in [1.82, 2.24) is 4.90 Å². The molecule has 1 aromatic rings. The highest BCUT2D eigenvalue weighted by Gasteiger charge is 2.06. The van der Waals surface area contributed by atoms with E-state index < -0.39 is 0 Å². The number of carbonyl (C=O) groups is 1. The van der Waals surface area contributed by atoms with Gasteiger partial charge in [0.25, 0.3) is 0 Å². The van der Waals surface area contributed by atoms with Crippen LogP contribution < -0.4 is 5.32 Å². The Labute approximate surface area is 92.2 Å². The van der Waals surface area contributed by atoms with E-state index in [1.807, 2.05) is 25.1 Å². The van der Waals surface area contributed by atoms with Gasteiger partial charge in [-0.05, 0) is 40.5 Å². The maximum Gasteiger partial charge on any atom is 0.321 e. The van der Waals surface area contributed by atoms with Gasteiger partial charge in [0.2, 0.25) is 0 Å². The van der Waals surface area contributed by atoms with E-state index in [0.717, 1.165) is 15.7 Å². The van der Waals surface area contributed by atoms with Gasteiger partial charge in [-0.3, -0.25) is 0 Å². The predicted octanol–water partition coefficient (Wildman–Crippen LogP) is 2.85. The Hall–Kier alpha value is -1.03. The highest BCUT2D eigenvalue weighted by atomic mass is 79.9. The first kappa shape index (κ1) is 11.0. The molecule has 0 bridgehead atoms. The molecule has 1 aromatic carbocycles. The van der Waals surface area contributed by atoms with E-state index in [1.54, 1.807) is 14.1 Å². The lowest BCUT2D eigenvalue weighted by molar-refractivity contribution is 0.230. The zero-order valence-electron chi connectivity index (χ0n) is 8.47. The number of carbonyl (C=O) groups excluding carboxylic acids is 1. The predicted molar refractivity (Wildman–Crippen MR) is 61.6 cm³/mol. The highest BCUT2D eigenvalue weighted by Crippen LogP contribution is 2.23. The van der Waals surface area contributed by atoms with Crippen LogP contribution in [0.5, 0.6) is 0 Å². The fourth-order valence-electron chi connectivity index (χ4n) is 0.962. The number of benzene rings is 1. The zero-order valence-corrected chi connectivity index (χ0v) is 10.1. The molecule has 0 saturated heterocycles. The lowest BCUT2D eigenvalue weighted by Gasteiger charge is -2.13. The Kier molecular flexibility index (Phi) is 3.52. The first-order chi connectivity index (χ1) is 6.50. The largest absolute Gasteiger partial charge is 0.331 e. The van der Waals surface area contributed by atoms with Crippen LogP contribution in [0, 0.1) is 6.92 Å². The molecule has 0 aliphatic heterocycles. The van der Waals surface area contributed by atoms with Gasteiger partial charge in [-0.1, -0.05) is 6.07 Å². The molecule has 4 heteroatoms. The lowest BCUT2D eigenvalue weighted by Crippen LogP contribution is -2.27. The van der Waals surface area contributed by atoms with Crippen LogP contribution in [0.3, 0.4) is 0 Å². The smallest absolute Gasteiger partial charge is 0.321 e. The number of nitrogens with one attached hydrogen (secondary N) is 1. The summed E-state index contributed by atoms with van der Waals surface area (Å²) in [5.41, 5.74) is 1.91. The van der Waals surface area contributed by atoms with Gasteiger partial charge in [-0.2, -0.15) is 0 Å². The maximum absolute atomic E-state index is 11.4. The van der Waals surface area contributed by atoms with Crippen LogP contribution in [0.4, 0.5) is 10.5 Å². The van der Waals surface area contributed by atoms with E-state index in [2.05, 4.69) is 21.2 Å². The van der Waals surface area contributed by atoms with E-state index in [4.69, 9.17) is 0 Å². The van der Waals surface area contributed by atoms with Crippen LogP contribution in [0.15, 0.2) is 22.7 Å². The van der Waals surface area contributed by atoms with Crippen LogP contribution >= 0.6 is 15.9 Å². The Morgan fingerprint density at radius 1 is 1.43 bits per heavy atom. The van der Waals surface area contributed by atoms with Gasteiger partial charge in [-0.15, -0.1) is 0 Å². The van der Waals surface area contributed by atoms with Crippen molar-refractivity contribution in [1.29, 1.82) is 0 Å². The molecule has 1 N–H and O–H groups in total. The summed E-state index contributed by atoms with van der Waals surface area (Å²) in [6, 6.07) is 5.69. The summed E-state index contributed by atoms with van der Waals surface area (Å²) in [4.78, 5) is 12.9. The van der Waals surface area contributed by atoms with E-state index in [1.165, 1.54) is 4.90 Å². The molecule has 0 spiro atoms. The zero-order chi connectivity index (χ0) is 10.7. The van der Waals surface area contributed by atoms with Crippen LogP contribution in [0.2, 0.25) is 0 Å². The minimum absolute atomic E-state index is 0.128. The van der Waals surface area contributed by atoms with Crippen LogP contribution in [0.25, 0.3) is 0 Å². The van der Waals surface area contributed by atoms with E-state index in [0.29, 0.717) is 0 Å². The van der Waals surface area contributed by atoms with Crippen molar-refractivity contribution in [2.45, 2.75) is 6.92 Å². The van der Waals surface area contributed by atoms with Gasteiger partial charge in [0.1, 0.15) is 0 Å². The van der Waals surface area contributed by atoms with Crippen molar-refractivity contribution in [3.8, 4) is 0 Å². The first-order valence-electron chi connectivity index (χ1n) is 4.25. The number of urea groups is 1. The summed E-state index contributed by atoms with van der Waals surface area (Å²) < 4.78 is 0.887. The number of hydrogen-bond acceptors (Lipinski definition) is 1. The Morgan fingerprint density at radius 2 is 2.07 bits per heavy atom. The number of aryl methyl sites for hydroxylation is 1. The van der Waals surface area contributed by atoms with Crippen molar-refractivity contribution < 1.29 is 4.79 Å². The van der Waals surface area contributed by atoms with Crippen molar-refractivity contribution in [3.05, 3.63) is 28.2 Å². The summed E-state index contributed by atoms with van der Waals surface area (Å²) in [7, 11) is 3.41. The third-order valence-corrected chi connectivity index (χ3v) is 2.46. The Bertz CT molecular complexity index is 350. The van der Waals surface area contributed by atoms with E-state index >= 15 is 0 Å². The van der Waals surface area contributed by atoms with Gasteiger partial charge < -0.3 is 10.2 Å². The maximum atomic E-state index is 11.4. The third-order valence-electron chi connectivity index (χ3n) is 1.77. The van der Waals surface area contributed by atoms with Gasteiger partial charge in [0.15, 0.2) is 0 Å². The number of halogens is 1. The molecule has 2 amide bonds. The number of hydrogen-bond donors (Lipinski definition) is 1.